The van der Waals surface area contributed by atoms with Gasteiger partial charge in [-0.05, 0) is 100 Å². The summed E-state index contributed by atoms with van der Waals surface area (Å²) in [5.41, 5.74) is 1.53. The average molecular weight is 711 g/mol. The third kappa shape index (κ3) is 14.9. The lowest BCUT2D eigenvalue weighted by atomic mass is 9.99. The number of Topliss-reactive ketones (excluding diaryl/α,β-unsaturated/α-hetero) is 1. The van der Waals surface area contributed by atoms with Gasteiger partial charge in [0.1, 0.15) is 17.2 Å². The maximum Gasteiger partial charge on any atom is 0.172 e. The normalized spacial score (nSPS) is 14.3. The molecule has 6 nitrogen and oxygen atoms in total. The summed E-state index contributed by atoms with van der Waals surface area (Å²) in [6.07, 6.45) is 15.6. The molecule has 0 saturated carbocycles. The van der Waals surface area contributed by atoms with Gasteiger partial charge in [0.15, 0.2) is 17.3 Å². The van der Waals surface area contributed by atoms with Crippen molar-refractivity contribution in [2.75, 3.05) is 0 Å². The summed E-state index contributed by atoms with van der Waals surface area (Å²) in [7, 11) is 0. The van der Waals surface area contributed by atoms with Crippen molar-refractivity contribution >= 4 is 5.78 Å². The molecule has 0 fully saturated rings. The number of ether oxygens (including phenoxy) is 5. The Balaban J connectivity index is 2.65. The molecule has 0 N–H and O–H groups in total. The highest BCUT2D eigenvalue weighted by molar-refractivity contribution is 6.00. The van der Waals surface area contributed by atoms with Crippen LogP contribution >= 0.6 is 0 Å². The van der Waals surface area contributed by atoms with Crippen LogP contribution in [-0.4, -0.2) is 36.3 Å². The largest absolute Gasteiger partial charge is 0.490 e. The van der Waals surface area contributed by atoms with E-state index in [2.05, 4.69) is 75.3 Å². The predicted molar refractivity (Wildman–Crippen MR) is 214 cm³/mol. The molecule has 0 bridgehead atoms. The molecular formula is C45H74O6. The van der Waals surface area contributed by atoms with Crippen LogP contribution in [0.25, 0.3) is 0 Å². The average Bonchev–Trinajstić information content (AvgIpc) is 3.13. The van der Waals surface area contributed by atoms with Crippen molar-refractivity contribution in [1.82, 2.24) is 0 Å². The summed E-state index contributed by atoms with van der Waals surface area (Å²) >= 11 is 0. The van der Waals surface area contributed by atoms with Crippen molar-refractivity contribution in [3.8, 4) is 28.7 Å². The standard InChI is InChI=1S/C45H74O6/c1-11-21-34(16-6)47-39-27-29-43(49-36(18-8)23-13-3)33(30-39)26-28-42(46)41-31-40(48-35(17-7)22-12-2)32-44(50-37(19-9)24-14-4)45(41)51-38(20-10)25-15-5/h27,29-32,34-38H,11-26,28H2,1-10H3. The van der Waals surface area contributed by atoms with Crippen molar-refractivity contribution in [2.45, 2.75) is 209 Å². The number of benzene rings is 2. The molecule has 290 valence electrons. The molecule has 2 rings (SSSR count). The predicted octanol–water partition coefficient (Wildman–Crippen LogP) is 13.3. The molecule has 0 aliphatic rings. The van der Waals surface area contributed by atoms with Crippen LogP contribution in [0.5, 0.6) is 28.7 Å². The zero-order valence-electron chi connectivity index (χ0n) is 34.2. The molecule has 0 radical (unpaired) electrons. The summed E-state index contributed by atoms with van der Waals surface area (Å²) in [5, 5.41) is 0. The number of carbonyl (C=O) groups is 1. The minimum atomic E-state index is -0.0154. The molecule has 0 aliphatic carbocycles. The number of aryl methyl sites for hydroxylation is 1. The van der Waals surface area contributed by atoms with Crippen LogP contribution in [0.15, 0.2) is 30.3 Å². The summed E-state index contributed by atoms with van der Waals surface area (Å²) in [4.78, 5) is 14.6. The van der Waals surface area contributed by atoms with Crippen molar-refractivity contribution in [3.63, 3.8) is 0 Å². The lowest BCUT2D eigenvalue weighted by molar-refractivity contribution is 0.0965. The van der Waals surface area contributed by atoms with Gasteiger partial charge < -0.3 is 23.7 Å². The molecule has 2 aromatic carbocycles. The first-order valence-corrected chi connectivity index (χ1v) is 20.9. The molecular weight excluding hydrogens is 636 g/mol. The quantitative estimate of drug-likeness (QED) is 0.0783. The maximum atomic E-state index is 14.6. The molecule has 5 unspecified atom stereocenters. The highest BCUT2D eigenvalue weighted by Crippen LogP contribution is 2.40. The van der Waals surface area contributed by atoms with Gasteiger partial charge in [-0.3, -0.25) is 4.79 Å². The van der Waals surface area contributed by atoms with Crippen molar-refractivity contribution in [1.29, 1.82) is 0 Å². The van der Waals surface area contributed by atoms with E-state index < -0.39 is 0 Å². The zero-order valence-corrected chi connectivity index (χ0v) is 34.2. The maximum absolute atomic E-state index is 14.6. The van der Waals surface area contributed by atoms with E-state index in [1.807, 2.05) is 24.3 Å². The molecule has 0 aromatic heterocycles. The summed E-state index contributed by atoms with van der Waals surface area (Å²) in [6.45, 7) is 21.7. The van der Waals surface area contributed by atoms with E-state index >= 15 is 0 Å². The van der Waals surface area contributed by atoms with Gasteiger partial charge >= 0.3 is 0 Å². The SMILES string of the molecule is CCCC(CC)Oc1ccc(OC(CC)CCC)c(CCC(=O)c2cc(OC(CC)CCC)cc(OC(CC)CCC)c2OC(CC)CCC)c1. The Morgan fingerprint density at radius 2 is 0.922 bits per heavy atom. The fourth-order valence-corrected chi connectivity index (χ4v) is 6.64. The van der Waals surface area contributed by atoms with E-state index in [1.165, 1.54) is 0 Å². The molecule has 0 aliphatic heterocycles. The topological polar surface area (TPSA) is 63.2 Å². The molecule has 5 atom stereocenters. The first kappa shape index (κ1) is 44.3. The van der Waals surface area contributed by atoms with Gasteiger partial charge in [-0.15, -0.1) is 0 Å². The number of hydrogen-bond donors (Lipinski definition) is 0. The lowest BCUT2D eigenvalue weighted by Crippen LogP contribution is -2.21. The van der Waals surface area contributed by atoms with Crippen LogP contribution < -0.4 is 23.7 Å². The smallest absolute Gasteiger partial charge is 0.172 e. The Morgan fingerprint density at radius 3 is 1.39 bits per heavy atom. The lowest BCUT2D eigenvalue weighted by Gasteiger charge is -2.26. The number of carbonyl (C=O) groups excluding carboxylic acids is 1. The summed E-state index contributed by atoms with van der Waals surface area (Å²) in [6, 6.07) is 10.0. The molecule has 6 heteroatoms. The first-order chi connectivity index (χ1) is 24.7. The zero-order chi connectivity index (χ0) is 37.6. The Hall–Kier alpha value is -2.89. The Labute approximate surface area is 312 Å². The minimum Gasteiger partial charge on any atom is -0.490 e. The van der Waals surface area contributed by atoms with Crippen molar-refractivity contribution < 1.29 is 28.5 Å². The van der Waals surface area contributed by atoms with E-state index in [0.29, 0.717) is 35.7 Å². The van der Waals surface area contributed by atoms with Crippen LogP contribution in [0.2, 0.25) is 0 Å². The third-order valence-corrected chi connectivity index (χ3v) is 9.79. The van der Waals surface area contributed by atoms with Crippen LogP contribution in [0.3, 0.4) is 0 Å². The van der Waals surface area contributed by atoms with E-state index in [1.54, 1.807) is 0 Å². The second kappa shape index (κ2) is 25.1. The monoisotopic (exact) mass is 711 g/mol. The van der Waals surface area contributed by atoms with Gasteiger partial charge in [0.25, 0.3) is 0 Å². The first-order valence-electron chi connectivity index (χ1n) is 20.9. The molecule has 0 amide bonds. The third-order valence-electron chi connectivity index (χ3n) is 9.79. The van der Waals surface area contributed by atoms with Gasteiger partial charge in [0.2, 0.25) is 0 Å². The molecule has 51 heavy (non-hydrogen) atoms. The number of hydrogen-bond acceptors (Lipinski definition) is 6. The molecule has 0 spiro atoms. The highest BCUT2D eigenvalue weighted by atomic mass is 16.5. The van der Waals surface area contributed by atoms with Gasteiger partial charge in [0, 0.05) is 12.5 Å². The highest BCUT2D eigenvalue weighted by Gasteiger charge is 2.26. The van der Waals surface area contributed by atoms with Crippen molar-refractivity contribution in [3.05, 3.63) is 41.5 Å². The van der Waals surface area contributed by atoms with Gasteiger partial charge in [0.05, 0.1) is 36.1 Å². The minimum absolute atomic E-state index is 0.00835. The van der Waals surface area contributed by atoms with Gasteiger partial charge in [-0.1, -0.05) is 101 Å². The van der Waals surface area contributed by atoms with Gasteiger partial charge in [-0.2, -0.15) is 0 Å². The fourth-order valence-electron chi connectivity index (χ4n) is 6.64. The Morgan fingerprint density at radius 1 is 0.490 bits per heavy atom. The second-order valence-electron chi connectivity index (χ2n) is 14.2. The Kier molecular flexibility index (Phi) is 21.8. The second-order valence-corrected chi connectivity index (χ2v) is 14.2. The van der Waals surface area contributed by atoms with Crippen LogP contribution in [0, 0.1) is 0 Å². The molecule has 0 saturated heterocycles. The van der Waals surface area contributed by atoms with Crippen LogP contribution in [0.1, 0.15) is 188 Å². The van der Waals surface area contributed by atoms with E-state index in [0.717, 1.165) is 113 Å². The number of ketones is 1. The van der Waals surface area contributed by atoms with Gasteiger partial charge in [-0.25, -0.2) is 0 Å². The van der Waals surface area contributed by atoms with E-state index in [9.17, 15) is 4.79 Å². The molecule has 0 heterocycles. The summed E-state index contributed by atoms with van der Waals surface area (Å²) < 4.78 is 33.1. The fraction of sp³-hybridized carbons (Fsp3) is 0.711. The summed E-state index contributed by atoms with van der Waals surface area (Å²) in [5.74, 6) is 3.51. The van der Waals surface area contributed by atoms with Crippen molar-refractivity contribution in [2.24, 2.45) is 0 Å². The Bertz CT molecular complexity index is 1240. The van der Waals surface area contributed by atoms with E-state index in [-0.39, 0.29) is 36.3 Å². The van der Waals surface area contributed by atoms with Crippen LogP contribution in [-0.2, 0) is 6.42 Å². The molecule has 2 aromatic rings. The van der Waals surface area contributed by atoms with E-state index in [4.69, 9.17) is 23.7 Å². The number of rotatable bonds is 29. The van der Waals surface area contributed by atoms with Crippen LogP contribution in [0.4, 0.5) is 0 Å².